The number of carbonyl (C=O) groups excluding carboxylic acids is 1. The minimum atomic E-state index is -0.219. The number of rotatable bonds is 4. The Balaban J connectivity index is 1.95. The molecule has 5 heteroatoms. The average molecular weight is 288 g/mol. The third-order valence-corrected chi connectivity index (χ3v) is 3.96. The summed E-state index contributed by atoms with van der Waals surface area (Å²) in [5.41, 5.74) is 3.92. The van der Waals surface area contributed by atoms with E-state index in [0.29, 0.717) is 11.5 Å². The minimum absolute atomic E-state index is 0.200. The van der Waals surface area contributed by atoms with Crippen molar-refractivity contribution < 1.29 is 9.90 Å². The molecular weight excluding hydrogens is 272 g/mol. The van der Waals surface area contributed by atoms with Crippen LogP contribution in [0.3, 0.4) is 0 Å². The molecule has 1 aromatic carbocycles. The Labute approximate surface area is 121 Å². The fourth-order valence-electron chi connectivity index (χ4n) is 1.57. The molecule has 2 N–H and O–H groups in total. The fourth-order valence-corrected chi connectivity index (χ4v) is 2.47. The van der Waals surface area contributed by atoms with E-state index in [2.05, 4.69) is 24.4 Å². The third kappa shape index (κ3) is 3.68. The molecule has 1 heterocycles. The number of hydrogen-bond acceptors (Lipinski definition) is 4. The van der Waals surface area contributed by atoms with Crippen molar-refractivity contribution in [3.05, 3.63) is 51.7 Å². The molecule has 0 aliphatic carbocycles. The lowest BCUT2D eigenvalue weighted by molar-refractivity contribution is 0.0955. The number of phenolic OH excluding ortho intramolecular Hbond substituents is 1. The van der Waals surface area contributed by atoms with Gasteiger partial charge >= 0.3 is 0 Å². The normalized spacial score (nSPS) is 11.2. The first-order chi connectivity index (χ1) is 9.56. The average Bonchev–Trinajstić information content (AvgIpc) is 2.91. The summed E-state index contributed by atoms with van der Waals surface area (Å²) in [4.78, 5) is 13.0. The topological polar surface area (TPSA) is 61.7 Å². The van der Waals surface area contributed by atoms with E-state index in [9.17, 15) is 4.79 Å². The van der Waals surface area contributed by atoms with Crippen LogP contribution in [0.5, 0.6) is 5.75 Å². The number of aromatic hydroxyl groups is 1. The van der Waals surface area contributed by atoms with Crippen LogP contribution in [0.4, 0.5) is 0 Å². The minimum Gasteiger partial charge on any atom is -0.508 e. The summed E-state index contributed by atoms with van der Waals surface area (Å²) in [6.07, 6.45) is 1.53. The molecule has 0 fully saturated rings. The molecule has 0 bridgehead atoms. The Kier molecular flexibility index (Phi) is 4.53. The predicted octanol–water partition coefficient (Wildman–Crippen LogP) is 3.34. The van der Waals surface area contributed by atoms with Gasteiger partial charge in [0, 0.05) is 10.3 Å². The number of nitrogens with one attached hydrogen (secondary N) is 1. The van der Waals surface area contributed by atoms with Crippen molar-refractivity contribution in [2.24, 2.45) is 5.10 Å². The molecule has 2 aromatic rings. The molecule has 1 aromatic heterocycles. The van der Waals surface area contributed by atoms with Gasteiger partial charge in [-0.1, -0.05) is 13.8 Å². The van der Waals surface area contributed by atoms with Crippen LogP contribution in [0.1, 0.15) is 40.6 Å². The number of thiophene rings is 1. The fraction of sp³-hybridized carbons (Fsp3) is 0.200. The monoisotopic (exact) mass is 288 g/mol. The second kappa shape index (κ2) is 6.34. The summed E-state index contributed by atoms with van der Waals surface area (Å²) in [5, 5.41) is 14.9. The second-order valence-electron chi connectivity index (χ2n) is 4.68. The van der Waals surface area contributed by atoms with E-state index in [1.54, 1.807) is 35.6 Å². The van der Waals surface area contributed by atoms with Gasteiger partial charge in [0.15, 0.2) is 0 Å². The van der Waals surface area contributed by atoms with Crippen molar-refractivity contribution >= 4 is 23.5 Å². The number of phenols is 1. The molecule has 0 spiro atoms. The Morgan fingerprint density at radius 3 is 2.65 bits per heavy atom. The molecule has 0 aliphatic heterocycles. The zero-order valence-corrected chi connectivity index (χ0v) is 12.1. The Morgan fingerprint density at radius 2 is 2.05 bits per heavy atom. The zero-order valence-electron chi connectivity index (χ0n) is 11.3. The Morgan fingerprint density at radius 1 is 1.35 bits per heavy atom. The lowest BCUT2D eigenvalue weighted by atomic mass is 10.1. The van der Waals surface area contributed by atoms with Crippen molar-refractivity contribution in [1.29, 1.82) is 0 Å². The van der Waals surface area contributed by atoms with E-state index in [0.717, 1.165) is 5.56 Å². The van der Waals surface area contributed by atoms with E-state index in [1.807, 2.05) is 11.4 Å². The molecule has 0 aliphatic rings. The summed E-state index contributed by atoms with van der Waals surface area (Å²) >= 11 is 1.58. The molecule has 0 saturated carbocycles. The van der Waals surface area contributed by atoms with E-state index in [1.165, 1.54) is 11.1 Å². The molecule has 1 amide bonds. The van der Waals surface area contributed by atoms with Gasteiger partial charge in [-0.15, -0.1) is 11.3 Å². The molecule has 20 heavy (non-hydrogen) atoms. The molecule has 2 rings (SSSR count). The van der Waals surface area contributed by atoms with E-state index < -0.39 is 0 Å². The van der Waals surface area contributed by atoms with Crippen LogP contribution in [0, 0.1) is 0 Å². The lowest BCUT2D eigenvalue weighted by Crippen LogP contribution is -2.16. The van der Waals surface area contributed by atoms with Gasteiger partial charge in [-0.2, -0.15) is 5.10 Å². The van der Waals surface area contributed by atoms with Crippen LogP contribution < -0.4 is 5.43 Å². The molecule has 0 unspecified atom stereocenters. The molecule has 0 saturated heterocycles. The van der Waals surface area contributed by atoms with E-state index >= 15 is 0 Å². The van der Waals surface area contributed by atoms with Crippen LogP contribution in [0.25, 0.3) is 0 Å². The number of carbonyl (C=O) groups is 1. The number of hydrogen-bond donors (Lipinski definition) is 2. The van der Waals surface area contributed by atoms with Gasteiger partial charge in [0.25, 0.3) is 5.91 Å². The Hall–Kier alpha value is -2.14. The first-order valence-electron chi connectivity index (χ1n) is 6.27. The third-order valence-electron chi connectivity index (χ3n) is 2.72. The quantitative estimate of drug-likeness (QED) is 0.669. The van der Waals surface area contributed by atoms with Crippen LogP contribution in [0.2, 0.25) is 0 Å². The first kappa shape index (κ1) is 14.3. The summed E-state index contributed by atoms with van der Waals surface area (Å²) in [6, 6.07) is 8.45. The van der Waals surface area contributed by atoms with Crippen molar-refractivity contribution in [3.8, 4) is 5.75 Å². The SMILES string of the molecule is CC(C)c1cc(C(=O)N/N=C\c2ccc(O)cc2)cs1. The Bertz CT molecular complexity index is 615. The summed E-state index contributed by atoms with van der Waals surface area (Å²) in [6.45, 7) is 4.19. The zero-order chi connectivity index (χ0) is 14.5. The molecule has 0 atom stereocenters. The molecule has 4 nitrogen and oxygen atoms in total. The van der Waals surface area contributed by atoms with Gasteiger partial charge in [0.1, 0.15) is 5.75 Å². The highest BCUT2D eigenvalue weighted by molar-refractivity contribution is 7.10. The standard InChI is InChI=1S/C15H16N2O2S/c1-10(2)14-7-12(9-20-14)15(19)17-16-8-11-3-5-13(18)6-4-11/h3-10,18H,1-2H3,(H,17,19)/b16-8-. The lowest BCUT2D eigenvalue weighted by Gasteiger charge is -1.98. The van der Waals surface area contributed by atoms with Crippen molar-refractivity contribution in [1.82, 2.24) is 5.43 Å². The summed E-state index contributed by atoms with van der Waals surface area (Å²) in [5.74, 6) is 0.399. The van der Waals surface area contributed by atoms with Gasteiger partial charge in [-0.25, -0.2) is 5.43 Å². The smallest absolute Gasteiger partial charge is 0.272 e. The summed E-state index contributed by atoms with van der Waals surface area (Å²) < 4.78 is 0. The van der Waals surface area contributed by atoms with Gasteiger partial charge in [-0.05, 0) is 41.8 Å². The highest BCUT2D eigenvalue weighted by atomic mass is 32.1. The van der Waals surface area contributed by atoms with Gasteiger partial charge in [0.2, 0.25) is 0 Å². The highest BCUT2D eigenvalue weighted by Gasteiger charge is 2.09. The maximum atomic E-state index is 11.9. The van der Waals surface area contributed by atoms with Crippen LogP contribution in [-0.4, -0.2) is 17.2 Å². The van der Waals surface area contributed by atoms with Crippen molar-refractivity contribution in [2.45, 2.75) is 19.8 Å². The maximum Gasteiger partial charge on any atom is 0.272 e. The van der Waals surface area contributed by atoms with Gasteiger partial charge in [-0.3, -0.25) is 4.79 Å². The van der Waals surface area contributed by atoms with Crippen LogP contribution in [0.15, 0.2) is 40.8 Å². The number of nitrogens with zero attached hydrogens (tertiary/aromatic N) is 1. The largest absolute Gasteiger partial charge is 0.508 e. The molecule has 104 valence electrons. The van der Waals surface area contributed by atoms with E-state index in [-0.39, 0.29) is 11.7 Å². The van der Waals surface area contributed by atoms with Crippen molar-refractivity contribution in [2.75, 3.05) is 0 Å². The van der Waals surface area contributed by atoms with Gasteiger partial charge in [0.05, 0.1) is 11.8 Å². The number of benzene rings is 1. The van der Waals surface area contributed by atoms with Crippen LogP contribution in [-0.2, 0) is 0 Å². The highest BCUT2D eigenvalue weighted by Crippen LogP contribution is 2.22. The predicted molar refractivity (Wildman–Crippen MR) is 81.6 cm³/mol. The van der Waals surface area contributed by atoms with E-state index in [4.69, 9.17) is 5.11 Å². The summed E-state index contributed by atoms with van der Waals surface area (Å²) in [7, 11) is 0. The second-order valence-corrected chi connectivity index (χ2v) is 5.63. The number of amides is 1. The van der Waals surface area contributed by atoms with Gasteiger partial charge < -0.3 is 5.11 Å². The maximum absolute atomic E-state index is 11.9. The van der Waals surface area contributed by atoms with Crippen molar-refractivity contribution in [3.63, 3.8) is 0 Å². The molecule has 0 radical (unpaired) electrons. The van der Waals surface area contributed by atoms with Crippen LogP contribution >= 0.6 is 11.3 Å². The first-order valence-corrected chi connectivity index (χ1v) is 7.15. The number of hydrazone groups is 1. The molecular formula is C15H16N2O2S.